The number of rotatable bonds is 6. The first kappa shape index (κ1) is 21.5. The molecule has 3 aromatic rings. The molecule has 1 fully saturated rings. The standard InChI is InChI=1S/C24H22Cl3NO2/c25-20-7-4-8-21(26)19(20)16-30-23-10-9-18(13-22(23)27)24-15-28(11-12-29-24)14-17-5-2-1-3-6-17/h1-10,13,24H,11-12,14-16H2. The molecular formula is C24H22Cl3NO2. The third kappa shape index (κ3) is 5.29. The zero-order valence-electron chi connectivity index (χ0n) is 16.4. The van der Waals surface area contributed by atoms with Gasteiger partial charge in [-0.1, -0.05) is 77.3 Å². The fraction of sp³-hybridized carbons (Fsp3) is 0.250. The SMILES string of the molecule is Clc1cc(C2CN(Cc3ccccc3)CCO2)ccc1OCc1c(Cl)cccc1Cl. The van der Waals surface area contributed by atoms with Crippen molar-refractivity contribution in [2.75, 3.05) is 19.7 Å². The predicted octanol–water partition coefficient (Wildman–Crippen LogP) is 6.80. The number of hydrogen-bond acceptors (Lipinski definition) is 3. The summed E-state index contributed by atoms with van der Waals surface area (Å²) in [4.78, 5) is 2.40. The van der Waals surface area contributed by atoms with Gasteiger partial charge in [-0.2, -0.15) is 0 Å². The predicted molar refractivity (Wildman–Crippen MR) is 123 cm³/mol. The van der Waals surface area contributed by atoms with Gasteiger partial charge in [-0.15, -0.1) is 0 Å². The molecule has 0 bridgehead atoms. The Morgan fingerprint density at radius 2 is 1.67 bits per heavy atom. The molecule has 156 valence electrons. The van der Waals surface area contributed by atoms with Crippen LogP contribution in [0.5, 0.6) is 5.75 Å². The molecule has 0 radical (unpaired) electrons. The van der Waals surface area contributed by atoms with Crippen LogP contribution < -0.4 is 4.74 Å². The molecule has 0 spiro atoms. The smallest absolute Gasteiger partial charge is 0.138 e. The van der Waals surface area contributed by atoms with Crippen LogP contribution in [0.4, 0.5) is 0 Å². The first-order valence-corrected chi connectivity index (χ1v) is 11.0. The zero-order chi connectivity index (χ0) is 20.9. The summed E-state index contributed by atoms with van der Waals surface area (Å²) in [5.74, 6) is 0.591. The van der Waals surface area contributed by atoms with Crippen molar-refractivity contribution in [2.24, 2.45) is 0 Å². The van der Waals surface area contributed by atoms with Crippen LogP contribution >= 0.6 is 34.8 Å². The summed E-state index contributed by atoms with van der Waals surface area (Å²) in [6.45, 7) is 3.59. The summed E-state index contributed by atoms with van der Waals surface area (Å²) in [7, 11) is 0. The van der Waals surface area contributed by atoms with Crippen molar-refractivity contribution >= 4 is 34.8 Å². The Bertz CT molecular complexity index is 977. The lowest BCUT2D eigenvalue weighted by atomic mass is 10.1. The maximum atomic E-state index is 6.50. The number of hydrogen-bond donors (Lipinski definition) is 0. The van der Waals surface area contributed by atoms with Gasteiger partial charge in [0, 0.05) is 35.2 Å². The average Bonchev–Trinajstić information content (AvgIpc) is 2.75. The summed E-state index contributed by atoms with van der Waals surface area (Å²) in [5, 5.41) is 1.69. The summed E-state index contributed by atoms with van der Waals surface area (Å²) in [5.41, 5.74) is 3.09. The van der Waals surface area contributed by atoms with Crippen LogP contribution in [0.25, 0.3) is 0 Å². The van der Waals surface area contributed by atoms with E-state index in [0.717, 1.165) is 30.8 Å². The minimum absolute atomic E-state index is 0.0213. The van der Waals surface area contributed by atoms with Crippen LogP contribution in [-0.4, -0.2) is 24.6 Å². The molecule has 1 unspecified atom stereocenters. The lowest BCUT2D eigenvalue weighted by molar-refractivity contribution is -0.0329. The Morgan fingerprint density at radius 1 is 0.900 bits per heavy atom. The second-order valence-electron chi connectivity index (χ2n) is 7.26. The van der Waals surface area contributed by atoms with E-state index in [4.69, 9.17) is 44.3 Å². The Morgan fingerprint density at radius 3 is 2.40 bits per heavy atom. The molecule has 1 saturated heterocycles. The molecule has 0 aromatic heterocycles. The molecule has 6 heteroatoms. The summed E-state index contributed by atoms with van der Waals surface area (Å²) in [6.07, 6.45) is -0.0213. The van der Waals surface area contributed by atoms with E-state index in [1.54, 1.807) is 18.2 Å². The molecule has 0 aliphatic carbocycles. The minimum atomic E-state index is -0.0213. The largest absolute Gasteiger partial charge is 0.487 e. The first-order valence-electron chi connectivity index (χ1n) is 9.83. The molecule has 0 N–H and O–H groups in total. The number of benzene rings is 3. The highest BCUT2D eigenvalue weighted by Gasteiger charge is 2.23. The van der Waals surface area contributed by atoms with Crippen molar-refractivity contribution in [3.63, 3.8) is 0 Å². The van der Waals surface area contributed by atoms with Crippen LogP contribution in [0.2, 0.25) is 15.1 Å². The first-order chi connectivity index (χ1) is 14.6. The maximum Gasteiger partial charge on any atom is 0.138 e. The highest BCUT2D eigenvalue weighted by molar-refractivity contribution is 6.36. The van der Waals surface area contributed by atoms with Gasteiger partial charge < -0.3 is 9.47 Å². The van der Waals surface area contributed by atoms with Crippen molar-refractivity contribution in [1.29, 1.82) is 0 Å². The third-order valence-electron chi connectivity index (χ3n) is 5.16. The number of halogens is 3. The third-order valence-corrected chi connectivity index (χ3v) is 6.16. The van der Waals surface area contributed by atoms with E-state index in [9.17, 15) is 0 Å². The second-order valence-corrected chi connectivity index (χ2v) is 8.48. The van der Waals surface area contributed by atoms with Gasteiger partial charge in [0.15, 0.2) is 0 Å². The summed E-state index contributed by atoms with van der Waals surface area (Å²) >= 11 is 18.9. The molecule has 1 atom stereocenters. The van der Waals surface area contributed by atoms with Crippen LogP contribution in [0.15, 0.2) is 66.7 Å². The Balaban J connectivity index is 1.41. The van der Waals surface area contributed by atoms with E-state index < -0.39 is 0 Å². The second kappa shape index (κ2) is 10.0. The van der Waals surface area contributed by atoms with E-state index in [0.29, 0.717) is 27.4 Å². The molecule has 0 amide bonds. The van der Waals surface area contributed by atoms with Crippen molar-refractivity contribution in [2.45, 2.75) is 19.3 Å². The van der Waals surface area contributed by atoms with Gasteiger partial charge in [-0.3, -0.25) is 4.90 Å². The fourth-order valence-electron chi connectivity index (χ4n) is 3.54. The fourth-order valence-corrected chi connectivity index (χ4v) is 4.29. The lowest BCUT2D eigenvalue weighted by Crippen LogP contribution is -2.37. The highest BCUT2D eigenvalue weighted by atomic mass is 35.5. The quantitative estimate of drug-likeness (QED) is 0.402. The molecular weight excluding hydrogens is 441 g/mol. The van der Waals surface area contributed by atoms with Crippen LogP contribution in [0.1, 0.15) is 22.8 Å². The number of nitrogens with zero attached hydrogens (tertiary/aromatic N) is 1. The van der Waals surface area contributed by atoms with Gasteiger partial charge in [-0.25, -0.2) is 0 Å². The molecule has 3 aromatic carbocycles. The lowest BCUT2D eigenvalue weighted by Gasteiger charge is -2.33. The number of morpholine rings is 1. The van der Waals surface area contributed by atoms with E-state index >= 15 is 0 Å². The Labute approximate surface area is 192 Å². The van der Waals surface area contributed by atoms with Crippen molar-refractivity contribution in [3.8, 4) is 5.75 Å². The van der Waals surface area contributed by atoms with Gasteiger partial charge in [0.25, 0.3) is 0 Å². The van der Waals surface area contributed by atoms with Gasteiger partial charge in [-0.05, 0) is 35.4 Å². The maximum absolute atomic E-state index is 6.50. The minimum Gasteiger partial charge on any atom is -0.487 e. The highest BCUT2D eigenvalue weighted by Crippen LogP contribution is 2.33. The monoisotopic (exact) mass is 461 g/mol. The molecule has 0 saturated carbocycles. The van der Waals surface area contributed by atoms with E-state index in [1.807, 2.05) is 24.3 Å². The van der Waals surface area contributed by atoms with E-state index in [2.05, 4.69) is 29.2 Å². The summed E-state index contributed by atoms with van der Waals surface area (Å²) < 4.78 is 11.9. The van der Waals surface area contributed by atoms with Crippen LogP contribution in [-0.2, 0) is 17.9 Å². The van der Waals surface area contributed by atoms with Crippen LogP contribution in [0, 0.1) is 0 Å². The van der Waals surface area contributed by atoms with Gasteiger partial charge in [0.05, 0.1) is 17.7 Å². The van der Waals surface area contributed by atoms with E-state index in [-0.39, 0.29) is 12.7 Å². The molecule has 1 aliphatic rings. The molecule has 30 heavy (non-hydrogen) atoms. The summed E-state index contributed by atoms with van der Waals surface area (Å²) in [6, 6.07) is 21.7. The normalized spacial score (nSPS) is 17.1. The molecule has 4 rings (SSSR count). The molecule has 1 aliphatic heterocycles. The van der Waals surface area contributed by atoms with Crippen molar-refractivity contribution in [3.05, 3.63) is 98.5 Å². The van der Waals surface area contributed by atoms with E-state index in [1.165, 1.54) is 5.56 Å². The number of ether oxygens (including phenoxy) is 2. The average molecular weight is 463 g/mol. The Kier molecular flexibility index (Phi) is 7.19. The molecule has 3 nitrogen and oxygen atoms in total. The zero-order valence-corrected chi connectivity index (χ0v) is 18.6. The topological polar surface area (TPSA) is 21.7 Å². The van der Waals surface area contributed by atoms with Gasteiger partial charge in [0.1, 0.15) is 12.4 Å². The van der Waals surface area contributed by atoms with Crippen LogP contribution in [0.3, 0.4) is 0 Å². The molecule has 1 heterocycles. The van der Waals surface area contributed by atoms with Gasteiger partial charge in [0.2, 0.25) is 0 Å². The van der Waals surface area contributed by atoms with Gasteiger partial charge >= 0.3 is 0 Å². The Hall–Kier alpha value is -1.75. The van der Waals surface area contributed by atoms with Crippen molar-refractivity contribution < 1.29 is 9.47 Å². The van der Waals surface area contributed by atoms with Crippen molar-refractivity contribution in [1.82, 2.24) is 4.90 Å².